The predicted octanol–water partition coefficient (Wildman–Crippen LogP) is 0.0667. The molecule has 2 aliphatic rings. The second-order valence-electron chi connectivity index (χ2n) is 5.17. The Balaban J connectivity index is 2.00. The Kier molecular flexibility index (Phi) is 4.39. The minimum atomic E-state index is -0.287. The number of ether oxygens (including phenoxy) is 1. The number of piperidine rings is 1. The first-order valence-corrected chi connectivity index (χ1v) is 6.76. The van der Waals surface area contributed by atoms with Crippen LogP contribution in [-0.2, 0) is 19.1 Å². The van der Waals surface area contributed by atoms with E-state index in [4.69, 9.17) is 0 Å². The van der Waals surface area contributed by atoms with E-state index < -0.39 is 0 Å². The highest BCUT2D eigenvalue weighted by atomic mass is 16.5. The number of nitrogens with zero attached hydrogens (tertiary/aromatic N) is 1. The lowest BCUT2D eigenvalue weighted by Crippen LogP contribution is -2.47. The molecule has 2 saturated heterocycles. The molecule has 2 aliphatic heterocycles. The summed E-state index contributed by atoms with van der Waals surface area (Å²) in [6.07, 6.45) is 3.32. The highest BCUT2D eigenvalue weighted by Crippen LogP contribution is 2.24. The second kappa shape index (κ2) is 6.04. The van der Waals surface area contributed by atoms with E-state index >= 15 is 0 Å². The van der Waals surface area contributed by atoms with Crippen molar-refractivity contribution in [2.24, 2.45) is 5.92 Å². The molecule has 0 radical (unpaired) electrons. The van der Waals surface area contributed by atoms with Gasteiger partial charge in [0.25, 0.3) is 0 Å². The summed E-state index contributed by atoms with van der Waals surface area (Å²) in [6.45, 7) is 1.09. The van der Waals surface area contributed by atoms with Gasteiger partial charge in [0.2, 0.25) is 11.8 Å². The number of nitrogens with one attached hydrogen (secondary N) is 1. The highest BCUT2D eigenvalue weighted by Gasteiger charge is 2.36. The van der Waals surface area contributed by atoms with E-state index in [0.717, 1.165) is 19.3 Å². The number of carbonyl (C=O) groups excluding carboxylic acids is 3. The number of carbonyl (C=O) groups is 3. The van der Waals surface area contributed by atoms with Crippen molar-refractivity contribution < 1.29 is 19.1 Å². The van der Waals surface area contributed by atoms with E-state index in [-0.39, 0.29) is 42.6 Å². The fourth-order valence-electron chi connectivity index (χ4n) is 2.79. The third-order valence-corrected chi connectivity index (χ3v) is 3.87. The Morgan fingerprint density at radius 2 is 2.21 bits per heavy atom. The topological polar surface area (TPSA) is 75.7 Å². The van der Waals surface area contributed by atoms with Gasteiger partial charge >= 0.3 is 5.97 Å². The Bertz CT molecular complexity index is 383. The molecule has 0 aliphatic carbocycles. The first-order valence-electron chi connectivity index (χ1n) is 6.76. The molecular formula is C13H20N2O4. The van der Waals surface area contributed by atoms with E-state index in [1.54, 1.807) is 4.90 Å². The molecule has 2 unspecified atom stereocenters. The number of rotatable bonds is 3. The molecule has 0 spiro atoms. The van der Waals surface area contributed by atoms with Crippen LogP contribution in [0, 0.1) is 5.92 Å². The largest absolute Gasteiger partial charge is 0.469 e. The molecule has 1 N–H and O–H groups in total. The van der Waals surface area contributed by atoms with E-state index in [1.165, 1.54) is 7.11 Å². The van der Waals surface area contributed by atoms with Gasteiger partial charge in [0.05, 0.1) is 19.4 Å². The molecule has 0 aromatic carbocycles. The van der Waals surface area contributed by atoms with Gasteiger partial charge < -0.3 is 15.0 Å². The van der Waals surface area contributed by atoms with Crippen molar-refractivity contribution >= 4 is 17.8 Å². The predicted molar refractivity (Wildman–Crippen MR) is 67.1 cm³/mol. The van der Waals surface area contributed by atoms with Gasteiger partial charge in [0.15, 0.2) is 0 Å². The summed E-state index contributed by atoms with van der Waals surface area (Å²) in [5.41, 5.74) is 0. The summed E-state index contributed by atoms with van der Waals surface area (Å²) in [5.74, 6) is -0.636. The first kappa shape index (κ1) is 13.8. The molecule has 0 aromatic rings. The van der Waals surface area contributed by atoms with E-state index in [1.807, 2.05) is 0 Å². The maximum absolute atomic E-state index is 12.4. The zero-order chi connectivity index (χ0) is 13.8. The van der Waals surface area contributed by atoms with Crippen LogP contribution in [-0.4, -0.2) is 48.9 Å². The number of amides is 2. The van der Waals surface area contributed by atoms with Crippen LogP contribution < -0.4 is 5.32 Å². The van der Waals surface area contributed by atoms with E-state index in [2.05, 4.69) is 10.1 Å². The molecule has 6 nitrogen and oxygen atoms in total. The van der Waals surface area contributed by atoms with Crippen molar-refractivity contribution in [3.05, 3.63) is 0 Å². The summed E-state index contributed by atoms with van der Waals surface area (Å²) in [7, 11) is 1.36. The third-order valence-electron chi connectivity index (χ3n) is 3.87. The van der Waals surface area contributed by atoms with Crippen LogP contribution in [0.25, 0.3) is 0 Å². The summed E-state index contributed by atoms with van der Waals surface area (Å²) >= 11 is 0. The number of likely N-dealkylation sites (tertiary alicyclic amines) is 1. The van der Waals surface area contributed by atoms with Crippen LogP contribution in [0.4, 0.5) is 0 Å². The van der Waals surface area contributed by atoms with Crippen LogP contribution in [0.1, 0.15) is 32.1 Å². The van der Waals surface area contributed by atoms with Crippen molar-refractivity contribution in [3.8, 4) is 0 Å². The van der Waals surface area contributed by atoms with Crippen molar-refractivity contribution in [3.63, 3.8) is 0 Å². The standard InChI is InChI=1S/C13H20N2O4/c1-19-12(17)7-10-4-2-3-5-15(10)13(18)9-6-11(16)14-8-9/h9-10H,2-8H2,1H3,(H,14,16). The zero-order valence-electron chi connectivity index (χ0n) is 11.2. The fraction of sp³-hybridized carbons (Fsp3) is 0.769. The maximum Gasteiger partial charge on any atom is 0.307 e. The van der Waals surface area contributed by atoms with Gasteiger partial charge in [-0.25, -0.2) is 0 Å². The average Bonchev–Trinajstić information content (AvgIpc) is 2.85. The van der Waals surface area contributed by atoms with Gasteiger partial charge in [0.1, 0.15) is 0 Å². The van der Waals surface area contributed by atoms with E-state index in [0.29, 0.717) is 13.1 Å². The van der Waals surface area contributed by atoms with Gasteiger partial charge in [-0.15, -0.1) is 0 Å². The Morgan fingerprint density at radius 1 is 1.42 bits per heavy atom. The van der Waals surface area contributed by atoms with Crippen LogP contribution in [0.5, 0.6) is 0 Å². The van der Waals surface area contributed by atoms with Crippen molar-refractivity contribution in [1.82, 2.24) is 10.2 Å². The molecule has 2 atom stereocenters. The summed E-state index contributed by atoms with van der Waals surface area (Å²) in [5, 5.41) is 2.68. The lowest BCUT2D eigenvalue weighted by Gasteiger charge is -2.36. The third kappa shape index (κ3) is 3.24. The lowest BCUT2D eigenvalue weighted by molar-refractivity contribution is -0.146. The molecule has 6 heteroatoms. The van der Waals surface area contributed by atoms with Gasteiger partial charge in [-0.3, -0.25) is 14.4 Å². The smallest absolute Gasteiger partial charge is 0.307 e. The summed E-state index contributed by atoms with van der Waals surface area (Å²) < 4.78 is 4.68. The second-order valence-corrected chi connectivity index (χ2v) is 5.17. The molecule has 0 bridgehead atoms. The summed E-state index contributed by atoms with van der Waals surface area (Å²) in [4.78, 5) is 36.8. The number of esters is 1. The first-order chi connectivity index (χ1) is 9.11. The van der Waals surface area contributed by atoms with Gasteiger partial charge in [-0.1, -0.05) is 0 Å². The number of hydrogen-bond acceptors (Lipinski definition) is 4. The normalized spacial score (nSPS) is 27.0. The average molecular weight is 268 g/mol. The van der Waals surface area contributed by atoms with Crippen LogP contribution >= 0.6 is 0 Å². The van der Waals surface area contributed by atoms with Gasteiger partial charge in [-0.2, -0.15) is 0 Å². The van der Waals surface area contributed by atoms with Crippen LogP contribution in [0.3, 0.4) is 0 Å². The molecule has 106 valence electrons. The Hall–Kier alpha value is -1.59. The Labute approximate surface area is 112 Å². The lowest BCUT2D eigenvalue weighted by atomic mass is 9.96. The fourth-order valence-corrected chi connectivity index (χ4v) is 2.79. The highest BCUT2D eigenvalue weighted by molar-refractivity contribution is 5.89. The molecule has 2 rings (SSSR count). The van der Waals surface area contributed by atoms with Crippen molar-refractivity contribution in [2.45, 2.75) is 38.1 Å². The molecular weight excluding hydrogens is 248 g/mol. The van der Waals surface area contributed by atoms with Gasteiger partial charge in [-0.05, 0) is 19.3 Å². The molecule has 19 heavy (non-hydrogen) atoms. The van der Waals surface area contributed by atoms with Crippen molar-refractivity contribution in [2.75, 3.05) is 20.2 Å². The molecule has 2 amide bonds. The summed E-state index contributed by atoms with van der Waals surface area (Å²) in [6, 6.07) is -0.0793. The minimum absolute atomic E-state index is 0.00745. The monoisotopic (exact) mass is 268 g/mol. The van der Waals surface area contributed by atoms with E-state index in [9.17, 15) is 14.4 Å². The maximum atomic E-state index is 12.4. The molecule has 0 aromatic heterocycles. The Morgan fingerprint density at radius 3 is 2.84 bits per heavy atom. The minimum Gasteiger partial charge on any atom is -0.469 e. The zero-order valence-corrected chi connectivity index (χ0v) is 11.2. The van der Waals surface area contributed by atoms with Crippen molar-refractivity contribution in [1.29, 1.82) is 0 Å². The SMILES string of the molecule is COC(=O)CC1CCCCN1C(=O)C1CNC(=O)C1. The van der Waals surface area contributed by atoms with Gasteiger partial charge in [0, 0.05) is 25.6 Å². The molecule has 2 fully saturated rings. The quantitative estimate of drug-likeness (QED) is 0.735. The number of methoxy groups -OCH3 is 1. The molecule has 0 saturated carbocycles. The van der Waals surface area contributed by atoms with Crippen LogP contribution in [0.15, 0.2) is 0 Å². The molecule has 2 heterocycles. The van der Waals surface area contributed by atoms with Crippen LogP contribution in [0.2, 0.25) is 0 Å². The number of hydrogen-bond donors (Lipinski definition) is 1.